The van der Waals surface area contributed by atoms with E-state index in [0.29, 0.717) is 16.9 Å². The number of carbonyl (C=O) groups excluding carboxylic acids is 2. The summed E-state index contributed by atoms with van der Waals surface area (Å²) in [6.45, 7) is 1.49. The van der Waals surface area contributed by atoms with Crippen LogP contribution in [0.15, 0.2) is 97.1 Å². The van der Waals surface area contributed by atoms with Gasteiger partial charge < -0.3 is 18.6 Å². The summed E-state index contributed by atoms with van der Waals surface area (Å²) < 4.78 is 92.1. The van der Waals surface area contributed by atoms with Crippen molar-refractivity contribution in [3.05, 3.63) is 123 Å². The van der Waals surface area contributed by atoms with Crippen LogP contribution in [0.1, 0.15) is 48.6 Å². The fourth-order valence-corrected chi connectivity index (χ4v) is 6.40. The Labute approximate surface area is 287 Å². The fourth-order valence-electron chi connectivity index (χ4n) is 5.43. The molecule has 0 saturated carbocycles. The summed E-state index contributed by atoms with van der Waals surface area (Å²) in [6.07, 6.45) is -0.301. The maximum atomic E-state index is 13.8. The van der Waals surface area contributed by atoms with Crippen LogP contribution >= 0.6 is 22.6 Å². The van der Waals surface area contributed by atoms with Gasteiger partial charge in [0.2, 0.25) is 5.91 Å². The predicted octanol–water partition coefficient (Wildman–Crippen LogP) is 8.03. The molecule has 4 aromatic rings. The van der Waals surface area contributed by atoms with Crippen LogP contribution in [0.3, 0.4) is 0 Å². The average Bonchev–Trinajstić information content (AvgIpc) is 3.03. The van der Waals surface area contributed by atoms with Crippen molar-refractivity contribution in [3.63, 3.8) is 0 Å². The van der Waals surface area contributed by atoms with Gasteiger partial charge in [0.1, 0.15) is 30.0 Å². The Balaban J connectivity index is 1.47. The topological polar surface area (TPSA) is 99.2 Å². The molecule has 0 radical (unpaired) electrons. The summed E-state index contributed by atoms with van der Waals surface area (Å²) in [4.78, 5) is 27.2. The lowest BCUT2D eigenvalue weighted by molar-refractivity contribution is -0.147. The van der Waals surface area contributed by atoms with E-state index in [9.17, 15) is 35.6 Å². The molecule has 0 aromatic heterocycles. The number of nitrogens with zero attached hydrogens (tertiary/aromatic N) is 1. The molecule has 8 nitrogen and oxygen atoms in total. The number of hydrogen-bond donors (Lipinski definition) is 0. The highest BCUT2D eigenvalue weighted by Gasteiger charge is 2.50. The highest BCUT2D eigenvalue weighted by Crippen LogP contribution is 2.49. The van der Waals surface area contributed by atoms with Crippen molar-refractivity contribution in [1.82, 2.24) is 0 Å². The van der Waals surface area contributed by atoms with Crippen LogP contribution in [-0.4, -0.2) is 25.8 Å². The number of ether oxygens (including phenoxy) is 2. The van der Waals surface area contributed by atoms with Gasteiger partial charge in [0.05, 0.1) is 12.0 Å². The molecule has 1 amide bonds. The lowest BCUT2D eigenvalue weighted by atomic mass is 9.78. The number of alkyl halides is 3. The normalized spacial score (nSPS) is 17.0. The van der Waals surface area contributed by atoms with Gasteiger partial charge in [-0.1, -0.05) is 42.5 Å². The van der Waals surface area contributed by atoms with Gasteiger partial charge in [0.25, 0.3) is 0 Å². The largest absolute Gasteiger partial charge is 0.534 e. The molecular formula is C34H28F4INO7S. The zero-order chi connectivity index (χ0) is 34.6. The maximum absolute atomic E-state index is 13.8. The van der Waals surface area contributed by atoms with Crippen LogP contribution in [0, 0.1) is 15.3 Å². The van der Waals surface area contributed by atoms with Crippen molar-refractivity contribution in [2.75, 3.05) is 4.90 Å². The van der Waals surface area contributed by atoms with Gasteiger partial charge in [-0.2, -0.15) is 21.6 Å². The van der Waals surface area contributed by atoms with Crippen LogP contribution in [0.5, 0.6) is 11.5 Å². The number of rotatable bonds is 12. The SMILES string of the molecule is CC(=O)O[C@@H](CCC1C(=O)N(c2ccc(OS(=O)(=O)C(F)(F)F)cc2)C1c1cc(I)ccc1OCc1ccccc1)c1ccc(F)cc1. The smallest absolute Gasteiger partial charge is 0.489 e. The minimum absolute atomic E-state index is 0.220. The Morgan fingerprint density at radius 2 is 1.62 bits per heavy atom. The van der Waals surface area contributed by atoms with Crippen LogP contribution in [0.4, 0.5) is 23.2 Å². The first kappa shape index (κ1) is 35.1. The van der Waals surface area contributed by atoms with Gasteiger partial charge in [-0.25, -0.2) is 4.39 Å². The van der Waals surface area contributed by atoms with Crippen molar-refractivity contribution in [2.24, 2.45) is 5.92 Å². The van der Waals surface area contributed by atoms with E-state index in [-0.39, 0.29) is 31.0 Å². The Hall–Kier alpha value is -4.18. The van der Waals surface area contributed by atoms with Crippen LogP contribution in [0.2, 0.25) is 0 Å². The van der Waals surface area contributed by atoms with Gasteiger partial charge in [-0.3, -0.25) is 9.59 Å². The molecule has 3 atom stereocenters. The summed E-state index contributed by atoms with van der Waals surface area (Å²) in [5, 5.41) is 0. The average molecular weight is 798 g/mol. The van der Waals surface area contributed by atoms with E-state index in [1.807, 2.05) is 42.5 Å². The Morgan fingerprint density at radius 3 is 2.25 bits per heavy atom. The number of anilines is 1. The van der Waals surface area contributed by atoms with Crippen molar-refractivity contribution in [2.45, 2.75) is 44.0 Å². The van der Waals surface area contributed by atoms with E-state index in [1.165, 1.54) is 48.2 Å². The highest BCUT2D eigenvalue weighted by atomic mass is 127. The molecule has 5 rings (SSSR count). The molecule has 48 heavy (non-hydrogen) atoms. The van der Waals surface area contributed by atoms with Crippen LogP contribution in [0.25, 0.3) is 0 Å². The van der Waals surface area contributed by atoms with Gasteiger partial charge in [-0.15, -0.1) is 0 Å². The molecule has 1 saturated heterocycles. The number of halogens is 5. The summed E-state index contributed by atoms with van der Waals surface area (Å²) >= 11 is 2.14. The van der Waals surface area contributed by atoms with Gasteiger partial charge in [0.15, 0.2) is 0 Å². The molecule has 0 N–H and O–H groups in total. The zero-order valence-corrected chi connectivity index (χ0v) is 28.2. The second-order valence-corrected chi connectivity index (χ2v) is 13.7. The second-order valence-electron chi connectivity index (χ2n) is 10.9. The third kappa shape index (κ3) is 8.09. The summed E-state index contributed by atoms with van der Waals surface area (Å²) in [5.74, 6) is -2.07. The molecule has 4 aromatic carbocycles. The van der Waals surface area contributed by atoms with E-state index in [4.69, 9.17) is 9.47 Å². The summed E-state index contributed by atoms with van der Waals surface area (Å²) in [6, 6.07) is 24.5. The van der Waals surface area contributed by atoms with Crippen molar-refractivity contribution < 1.29 is 49.2 Å². The highest BCUT2D eigenvalue weighted by molar-refractivity contribution is 14.1. The van der Waals surface area contributed by atoms with E-state index in [2.05, 4.69) is 26.8 Å². The molecular weight excluding hydrogens is 769 g/mol. The number of esters is 1. The second kappa shape index (κ2) is 14.5. The number of β-lactam (4-membered cyclic amide) rings is 1. The third-order valence-electron chi connectivity index (χ3n) is 7.64. The van der Waals surface area contributed by atoms with Crippen LogP contribution in [-0.2, 0) is 31.1 Å². The minimum atomic E-state index is -5.89. The first-order valence-corrected chi connectivity index (χ1v) is 17.0. The molecule has 2 unspecified atom stereocenters. The predicted molar refractivity (Wildman–Crippen MR) is 176 cm³/mol. The summed E-state index contributed by atoms with van der Waals surface area (Å²) in [7, 11) is -5.89. The van der Waals surface area contributed by atoms with Crippen molar-refractivity contribution in [3.8, 4) is 11.5 Å². The molecule has 1 aliphatic rings. The zero-order valence-electron chi connectivity index (χ0n) is 25.2. The Kier molecular flexibility index (Phi) is 10.6. The maximum Gasteiger partial charge on any atom is 0.534 e. The van der Waals surface area contributed by atoms with Crippen molar-refractivity contribution in [1.29, 1.82) is 0 Å². The van der Waals surface area contributed by atoms with E-state index in [0.717, 1.165) is 21.3 Å². The molecule has 0 bridgehead atoms. The van der Waals surface area contributed by atoms with Gasteiger partial charge in [-0.05, 0) is 101 Å². The first-order chi connectivity index (χ1) is 22.7. The number of amides is 1. The molecule has 1 aliphatic heterocycles. The summed E-state index contributed by atoms with van der Waals surface area (Å²) in [5.41, 5.74) is -3.21. The lowest BCUT2D eigenvalue weighted by Crippen LogP contribution is -2.55. The molecule has 0 spiro atoms. The molecule has 14 heteroatoms. The number of carbonyl (C=O) groups is 2. The van der Waals surface area contributed by atoms with Gasteiger partial charge >= 0.3 is 21.6 Å². The van der Waals surface area contributed by atoms with Crippen LogP contribution < -0.4 is 13.8 Å². The first-order valence-electron chi connectivity index (χ1n) is 14.6. The fraction of sp³-hybridized carbons (Fsp3) is 0.235. The minimum Gasteiger partial charge on any atom is -0.489 e. The lowest BCUT2D eigenvalue weighted by Gasteiger charge is -2.48. The van der Waals surface area contributed by atoms with Crippen molar-refractivity contribution >= 4 is 50.3 Å². The quantitative estimate of drug-likeness (QED) is 0.0358. The Bertz CT molecular complexity index is 1870. The molecule has 0 aliphatic carbocycles. The molecule has 1 fully saturated rings. The van der Waals surface area contributed by atoms with E-state index < -0.39 is 51.2 Å². The van der Waals surface area contributed by atoms with E-state index in [1.54, 1.807) is 6.07 Å². The number of benzene rings is 4. The third-order valence-corrected chi connectivity index (χ3v) is 9.29. The monoisotopic (exact) mass is 797 g/mol. The standard InChI is InChI=1S/C34H28F4INO7S/c1-21(41)46-30(23-7-9-24(35)10-8-23)18-16-28-32(29-19-25(39)11-17-31(29)45-20-22-5-3-2-4-6-22)40(33(28)42)26-12-14-27(15-13-26)47-48(43,44)34(36,37)38/h2-15,17,19,28,30,32H,16,18,20H2,1H3/t28?,30-,32?/m0/s1. The molecule has 1 heterocycles. The van der Waals surface area contributed by atoms with Gasteiger partial charge in [0, 0.05) is 21.7 Å². The van der Waals surface area contributed by atoms with E-state index >= 15 is 0 Å². The number of hydrogen-bond acceptors (Lipinski definition) is 7. The Morgan fingerprint density at radius 1 is 0.958 bits per heavy atom. The molecule has 252 valence electrons.